The summed E-state index contributed by atoms with van der Waals surface area (Å²) in [4.78, 5) is 2.19. The van der Waals surface area contributed by atoms with Gasteiger partial charge in [-0.3, -0.25) is 0 Å². The number of halogens is 2. The molecule has 0 saturated heterocycles. The lowest BCUT2D eigenvalue weighted by Crippen LogP contribution is -2.35. The van der Waals surface area contributed by atoms with Crippen molar-refractivity contribution in [1.29, 1.82) is 0 Å². The van der Waals surface area contributed by atoms with Crippen molar-refractivity contribution in [2.24, 2.45) is 5.92 Å². The van der Waals surface area contributed by atoms with E-state index < -0.39 is 0 Å². The van der Waals surface area contributed by atoms with Gasteiger partial charge in [0.25, 0.3) is 0 Å². The summed E-state index contributed by atoms with van der Waals surface area (Å²) < 4.78 is 0. The maximum atomic E-state index is 6.07. The van der Waals surface area contributed by atoms with Crippen LogP contribution in [0.1, 0.15) is 32.6 Å². The minimum absolute atomic E-state index is 0.389. The molecule has 0 unspecified atom stereocenters. The van der Waals surface area contributed by atoms with E-state index in [9.17, 15) is 0 Å². The quantitative estimate of drug-likeness (QED) is 0.821. The molecular weight excluding hydrogens is 257 g/mol. The first-order valence-electron chi connectivity index (χ1n) is 5.99. The molecule has 0 aliphatic heterocycles. The number of rotatable bonds is 2. The zero-order chi connectivity index (χ0) is 12.4. The Morgan fingerprint density at radius 2 is 1.82 bits per heavy atom. The summed E-state index contributed by atoms with van der Waals surface area (Å²) in [7, 11) is 2.06. The Labute approximate surface area is 112 Å². The second-order valence-corrected chi connectivity index (χ2v) is 5.61. The summed E-state index contributed by atoms with van der Waals surface area (Å²) >= 11 is 11.9. The van der Waals surface area contributed by atoms with E-state index in [4.69, 9.17) is 23.2 Å². The predicted octanol–water partition coefficient (Wildman–Crippen LogP) is 3.80. The molecule has 0 radical (unpaired) electrons. The number of anilines is 1. The van der Waals surface area contributed by atoms with Gasteiger partial charge in [0, 0.05) is 19.2 Å². The molecule has 17 heavy (non-hydrogen) atoms. The first kappa shape index (κ1) is 12.9. The first-order chi connectivity index (χ1) is 8.08. The SMILES string of the molecule is CC1CCC(N(C)c2cc(Cl)nnc2Cl)CC1. The van der Waals surface area contributed by atoms with Crippen LogP contribution in [-0.4, -0.2) is 23.3 Å². The van der Waals surface area contributed by atoms with Crippen LogP contribution < -0.4 is 4.90 Å². The molecule has 1 aliphatic rings. The molecule has 1 saturated carbocycles. The van der Waals surface area contributed by atoms with Gasteiger partial charge in [-0.2, -0.15) is 0 Å². The fourth-order valence-electron chi connectivity index (χ4n) is 2.42. The van der Waals surface area contributed by atoms with E-state index in [1.165, 1.54) is 25.7 Å². The van der Waals surface area contributed by atoms with Gasteiger partial charge < -0.3 is 4.90 Å². The van der Waals surface area contributed by atoms with Crippen molar-refractivity contribution in [3.8, 4) is 0 Å². The van der Waals surface area contributed by atoms with E-state index in [0.717, 1.165) is 11.6 Å². The van der Waals surface area contributed by atoms with Crippen LogP contribution in [0.2, 0.25) is 10.3 Å². The molecule has 0 N–H and O–H groups in total. The third kappa shape index (κ3) is 3.02. The molecule has 94 valence electrons. The Morgan fingerprint density at radius 3 is 2.47 bits per heavy atom. The molecule has 1 aromatic heterocycles. The van der Waals surface area contributed by atoms with Crippen molar-refractivity contribution in [3.63, 3.8) is 0 Å². The molecule has 0 amide bonds. The van der Waals surface area contributed by atoms with Crippen molar-refractivity contribution in [1.82, 2.24) is 10.2 Å². The summed E-state index contributed by atoms with van der Waals surface area (Å²) in [5, 5.41) is 8.40. The van der Waals surface area contributed by atoms with Crippen LogP contribution in [0.4, 0.5) is 5.69 Å². The average molecular weight is 274 g/mol. The lowest BCUT2D eigenvalue weighted by molar-refractivity contribution is 0.340. The van der Waals surface area contributed by atoms with Gasteiger partial charge in [-0.25, -0.2) is 0 Å². The predicted molar refractivity (Wildman–Crippen MR) is 71.9 cm³/mol. The van der Waals surface area contributed by atoms with Crippen molar-refractivity contribution >= 4 is 28.9 Å². The highest BCUT2D eigenvalue weighted by Crippen LogP contribution is 2.32. The topological polar surface area (TPSA) is 29.0 Å². The minimum Gasteiger partial charge on any atom is -0.369 e. The van der Waals surface area contributed by atoms with Gasteiger partial charge in [0.1, 0.15) is 0 Å². The van der Waals surface area contributed by atoms with Gasteiger partial charge in [0.15, 0.2) is 10.3 Å². The largest absolute Gasteiger partial charge is 0.369 e. The zero-order valence-electron chi connectivity index (χ0n) is 10.2. The molecular formula is C12H17Cl2N3. The second kappa shape index (κ2) is 5.40. The smallest absolute Gasteiger partial charge is 0.175 e. The third-order valence-electron chi connectivity index (χ3n) is 3.61. The second-order valence-electron chi connectivity index (χ2n) is 4.87. The van der Waals surface area contributed by atoms with Gasteiger partial charge in [0.2, 0.25) is 0 Å². The number of nitrogens with zero attached hydrogens (tertiary/aromatic N) is 3. The molecule has 1 fully saturated rings. The summed E-state index contributed by atoms with van der Waals surface area (Å²) in [6.45, 7) is 2.31. The van der Waals surface area contributed by atoms with E-state index in [2.05, 4.69) is 29.1 Å². The highest BCUT2D eigenvalue weighted by atomic mass is 35.5. The van der Waals surface area contributed by atoms with Crippen molar-refractivity contribution < 1.29 is 0 Å². The molecule has 5 heteroatoms. The standard InChI is InChI=1S/C12H17Cl2N3/c1-8-3-5-9(6-4-8)17(2)10-7-11(13)15-16-12(10)14/h7-9H,3-6H2,1-2H3. The maximum absolute atomic E-state index is 6.07. The molecule has 0 bridgehead atoms. The lowest BCUT2D eigenvalue weighted by Gasteiger charge is -2.35. The molecule has 0 aromatic carbocycles. The maximum Gasteiger partial charge on any atom is 0.175 e. The number of aromatic nitrogens is 2. The van der Waals surface area contributed by atoms with Gasteiger partial charge >= 0.3 is 0 Å². The number of hydrogen-bond acceptors (Lipinski definition) is 3. The summed E-state index contributed by atoms with van der Waals surface area (Å²) in [6, 6.07) is 2.32. The van der Waals surface area contributed by atoms with E-state index >= 15 is 0 Å². The van der Waals surface area contributed by atoms with E-state index in [-0.39, 0.29) is 0 Å². The molecule has 0 spiro atoms. The fraction of sp³-hybridized carbons (Fsp3) is 0.667. The van der Waals surface area contributed by atoms with Crippen LogP contribution in [0.5, 0.6) is 0 Å². The number of hydrogen-bond donors (Lipinski definition) is 0. The van der Waals surface area contributed by atoms with Crippen molar-refractivity contribution in [3.05, 3.63) is 16.4 Å². The molecule has 1 heterocycles. The van der Waals surface area contributed by atoms with Crippen LogP contribution in [0.25, 0.3) is 0 Å². The lowest BCUT2D eigenvalue weighted by atomic mass is 9.86. The first-order valence-corrected chi connectivity index (χ1v) is 6.75. The Hall–Kier alpha value is -0.540. The van der Waals surface area contributed by atoms with Crippen molar-refractivity contribution in [2.75, 3.05) is 11.9 Å². The summed E-state index contributed by atoms with van der Waals surface area (Å²) in [6.07, 6.45) is 4.96. The van der Waals surface area contributed by atoms with Crippen LogP contribution in [0.3, 0.4) is 0 Å². The third-order valence-corrected chi connectivity index (χ3v) is 4.07. The highest BCUT2D eigenvalue weighted by Gasteiger charge is 2.23. The van der Waals surface area contributed by atoms with Crippen molar-refractivity contribution in [2.45, 2.75) is 38.6 Å². The zero-order valence-corrected chi connectivity index (χ0v) is 11.7. The fourth-order valence-corrected chi connectivity index (χ4v) is 2.78. The van der Waals surface area contributed by atoms with Gasteiger partial charge in [-0.1, -0.05) is 30.1 Å². The van der Waals surface area contributed by atoms with Crippen LogP contribution in [0.15, 0.2) is 6.07 Å². The van der Waals surface area contributed by atoms with E-state index in [1.54, 1.807) is 6.07 Å². The Balaban J connectivity index is 2.13. The van der Waals surface area contributed by atoms with Gasteiger partial charge in [0.05, 0.1) is 5.69 Å². The molecule has 2 rings (SSSR count). The molecule has 3 nitrogen and oxygen atoms in total. The highest BCUT2D eigenvalue weighted by molar-refractivity contribution is 6.33. The Morgan fingerprint density at radius 1 is 1.18 bits per heavy atom. The average Bonchev–Trinajstić information content (AvgIpc) is 2.32. The molecule has 0 atom stereocenters. The van der Waals surface area contributed by atoms with Crippen LogP contribution >= 0.6 is 23.2 Å². The Bertz CT molecular complexity index is 389. The van der Waals surface area contributed by atoms with Crippen LogP contribution in [-0.2, 0) is 0 Å². The molecule has 1 aromatic rings. The summed E-state index contributed by atoms with van der Waals surface area (Å²) in [5.41, 5.74) is 0.881. The minimum atomic E-state index is 0.389. The molecule has 1 aliphatic carbocycles. The van der Waals surface area contributed by atoms with Crippen LogP contribution in [0, 0.1) is 5.92 Å². The summed E-state index contributed by atoms with van der Waals surface area (Å²) in [5.74, 6) is 0.842. The Kier molecular flexibility index (Phi) is 4.10. The van der Waals surface area contributed by atoms with E-state index in [0.29, 0.717) is 16.3 Å². The normalized spacial score (nSPS) is 24.7. The van der Waals surface area contributed by atoms with Gasteiger partial charge in [-0.15, -0.1) is 10.2 Å². The monoisotopic (exact) mass is 273 g/mol. The van der Waals surface area contributed by atoms with Gasteiger partial charge in [-0.05, 0) is 31.6 Å². The van der Waals surface area contributed by atoms with E-state index in [1.807, 2.05) is 0 Å².